The van der Waals surface area contributed by atoms with E-state index in [9.17, 15) is 8.78 Å². The molecule has 9 heteroatoms. The molecule has 2 aliphatic heterocycles. The van der Waals surface area contributed by atoms with E-state index < -0.39 is 5.92 Å². The maximum atomic E-state index is 13.4. The van der Waals surface area contributed by atoms with Crippen molar-refractivity contribution in [2.45, 2.75) is 45.2 Å². The number of hydrogen-bond donors (Lipinski definition) is 0. The van der Waals surface area contributed by atoms with Gasteiger partial charge >= 0.3 is 0 Å². The highest BCUT2D eigenvalue weighted by molar-refractivity contribution is 5.52. The van der Waals surface area contributed by atoms with Crippen molar-refractivity contribution in [2.75, 3.05) is 43.0 Å². The fraction of sp³-hybridized carbons (Fsp3) is 0.632. The summed E-state index contributed by atoms with van der Waals surface area (Å²) < 4.78 is 32.0. The zero-order valence-corrected chi connectivity index (χ0v) is 16.5. The molecule has 2 aliphatic rings. The molecule has 0 saturated carbocycles. The van der Waals surface area contributed by atoms with Gasteiger partial charge in [0.15, 0.2) is 0 Å². The third kappa shape index (κ3) is 3.80. The molecule has 0 aliphatic carbocycles. The van der Waals surface area contributed by atoms with E-state index in [1.807, 2.05) is 24.8 Å². The van der Waals surface area contributed by atoms with Crippen LogP contribution in [0.15, 0.2) is 16.9 Å². The smallest absolute Gasteiger partial charge is 0.251 e. The molecule has 2 saturated heterocycles. The summed E-state index contributed by atoms with van der Waals surface area (Å²) in [7, 11) is 2.10. The molecule has 152 valence electrons. The van der Waals surface area contributed by atoms with Gasteiger partial charge in [-0.15, -0.1) is 0 Å². The fourth-order valence-corrected chi connectivity index (χ4v) is 3.77. The summed E-state index contributed by atoms with van der Waals surface area (Å²) in [5.74, 6) is -0.103. The van der Waals surface area contributed by atoms with Gasteiger partial charge in [0.2, 0.25) is 0 Å². The van der Waals surface area contributed by atoms with E-state index in [-0.39, 0.29) is 12.8 Å². The molecule has 2 aromatic heterocycles. The normalized spacial score (nSPS) is 19.9. The van der Waals surface area contributed by atoms with Crippen molar-refractivity contribution >= 4 is 11.6 Å². The van der Waals surface area contributed by atoms with Crippen LogP contribution in [-0.4, -0.2) is 65.2 Å². The van der Waals surface area contributed by atoms with Gasteiger partial charge in [-0.25, -0.2) is 18.7 Å². The number of rotatable bonds is 5. The van der Waals surface area contributed by atoms with Crippen molar-refractivity contribution in [1.82, 2.24) is 20.0 Å². The zero-order chi connectivity index (χ0) is 19.9. The van der Waals surface area contributed by atoms with Gasteiger partial charge in [-0.2, -0.15) is 0 Å². The SMILES string of the molecule is Cc1noc(C)c1CN(C)C1CN(c2cc(N3CCC(F)(F)CC3)ncn2)C1. The highest BCUT2D eigenvalue weighted by Gasteiger charge is 2.35. The number of aromatic nitrogens is 3. The van der Waals surface area contributed by atoms with Crippen LogP contribution in [0.25, 0.3) is 0 Å². The third-order valence-corrected chi connectivity index (χ3v) is 5.86. The number of piperidine rings is 1. The Kier molecular flexibility index (Phi) is 4.95. The number of likely N-dealkylation sites (N-methyl/N-ethyl adjacent to an activating group) is 1. The minimum atomic E-state index is -2.55. The van der Waals surface area contributed by atoms with E-state index >= 15 is 0 Å². The summed E-state index contributed by atoms with van der Waals surface area (Å²) >= 11 is 0. The first-order chi connectivity index (χ1) is 13.3. The van der Waals surface area contributed by atoms with Crippen LogP contribution in [-0.2, 0) is 6.54 Å². The third-order valence-electron chi connectivity index (χ3n) is 5.86. The molecule has 0 bridgehead atoms. The van der Waals surface area contributed by atoms with E-state index in [1.165, 1.54) is 6.33 Å². The number of nitrogens with zero attached hydrogens (tertiary/aromatic N) is 6. The fourth-order valence-electron chi connectivity index (χ4n) is 3.77. The molecule has 4 heterocycles. The van der Waals surface area contributed by atoms with E-state index in [0.717, 1.165) is 48.3 Å². The van der Waals surface area contributed by atoms with Crippen LogP contribution in [0.2, 0.25) is 0 Å². The molecule has 2 fully saturated rings. The summed E-state index contributed by atoms with van der Waals surface area (Å²) in [6, 6.07) is 2.33. The van der Waals surface area contributed by atoms with Crippen molar-refractivity contribution in [3.05, 3.63) is 29.4 Å². The Morgan fingerprint density at radius 1 is 1.14 bits per heavy atom. The lowest BCUT2D eigenvalue weighted by Crippen LogP contribution is -2.58. The van der Waals surface area contributed by atoms with Gasteiger partial charge < -0.3 is 14.3 Å². The van der Waals surface area contributed by atoms with Crippen LogP contribution in [0.5, 0.6) is 0 Å². The summed E-state index contributed by atoms with van der Waals surface area (Å²) in [5.41, 5.74) is 2.08. The van der Waals surface area contributed by atoms with Gasteiger partial charge in [0.25, 0.3) is 5.92 Å². The van der Waals surface area contributed by atoms with Gasteiger partial charge in [-0.3, -0.25) is 4.90 Å². The topological polar surface area (TPSA) is 61.5 Å². The molecule has 2 aromatic rings. The maximum Gasteiger partial charge on any atom is 0.251 e. The largest absolute Gasteiger partial charge is 0.361 e. The molecule has 0 radical (unpaired) electrons. The summed E-state index contributed by atoms with van der Waals surface area (Å²) in [6.07, 6.45) is 1.29. The number of alkyl halides is 2. The average molecular weight is 392 g/mol. The quantitative estimate of drug-likeness (QED) is 0.775. The van der Waals surface area contributed by atoms with Gasteiger partial charge in [0, 0.05) is 63.2 Å². The van der Waals surface area contributed by atoms with Crippen LogP contribution >= 0.6 is 0 Å². The van der Waals surface area contributed by atoms with Gasteiger partial charge in [-0.05, 0) is 20.9 Å². The molecule has 0 atom stereocenters. The van der Waals surface area contributed by atoms with Gasteiger partial charge in [-0.1, -0.05) is 5.16 Å². The Bertz CT molecular complexity index is 806. The van der Waals surface area contributed by atoms with Gasteiger partial charge in [0.05, 0.1) is 5.69 Å². The molecule has 0 aromatic carbocycles. The van der Waals surface area contributed by atoms with Crippen LogP contribution in [0.1, 0.15) is 29.9 Å². The van der Waals surface area contributed by atoms with E-state index in [2.05, 4.69) is 32.0 Å². The second kappa shape index (κ2) is 7.27. The minimum Gasteiger partial charge on any atom is -0.361 e. The molecule has 0 amide bonds. The number of anilines is 2. The van der Waals surface area contributed by atoms with Crippen LogP contribution in [0, 0.1) is 13.8 Å². The predicted molar refractivity (Wildman–Crippen MR) is 102 cm³/mol. The predicted octanol–water partition coefficient (Wildman–Crippen LogP) is 2.64. The highest BCUT2D eigenvalue weighted by atomic mass is 19.3. The first-order valence-corrected chi connectivity index (χ1v) is 9.64. The lowest BCUT2D eigenvalue weighted by molar-refractivity contribution is -0.0221. The van der Waals surface area contributed by atoms with Crippen molar-refractivity contribution in [2.24, 2.45) is 0 Å². The van der Waals surface area contributed by atoms with Crippen molar-refractivity contribution in [1.29, 1.82) is 0 Å². The number of halogens is 2. The van der Waals surface area contributed by atoms with Crippen molar-refractivity contribution < 1.29 is 13.3 Å². The van der Waals surface area contributed by atoms with E-state index in [1.54, 1.807) is 0 Å². The molecule has 4 rings (SSSR count). The van der Waals surface area contributed by atoms with Crippen molar-refractivity contribution in [3.8, 4) is 0 Å². The van der Waals surface area contributed by atoms with Crippen LogP contribution in [0.3, 0.4) is 0 Å². The number of hydrogen-bond acceptors (Lipinski definition) is 7. The van der Waals surface area contributed by atoms with Crippen LogP contribution < -0.4 is 9.80 Å². The van der Waals surface area contributed by atoms with Gasteiger partial charge in [0.1, 0.15) is 23.7 Å². The summed E-state index contributed by atoms with van der Waals surface area (Å²) in [5, 5.41) is 4.02. The lowest BCUT2D eigenvalue weighted by atomic mass is 10.1. The Morgan fingerprint density at radius 3 is 2.39 bits per heavy atom. The average Bonchev–Trinajstić information content (AvgIpc) is 2.93. The van der Waals surface area contributed by atoms with Crippen molar-refractivity contribution in [3.63, 3.8) is 0 Å². The molecule has 7 nitrogen and oxygen atoms in total. The first-order valence-electron chi connectivity index (χ1n) is 9.64. The minimum absolute atomic E-state index is 0.120. The molecular weight excluding hydrogens is 366 g/mol. The van der Waals surface area contributed by atoms with E-state index in [0.29, 0.717) is 19.1 Å². The second-order valence-corrected chi connectivity index (χ2v) is 7.85. The molecule has 0 unspecified atom stereocenters. The number of aryl methyl sites for hydroxylation is 2. The lowest BCUT2D eigenvalue weighted by Gasteiger charge is -2.45. The first kappa shape index (κ1) is 19.0. The molecule has 0 N–H and O–H groups in total. The Balaban J connectivity index is 1.34. The summed E-state index contributed by atoms with van der Waals surface area (Å²) in [4.78, 5) is 15.1. The van der Waals surface area contributed by atoms with E-state index in [4.69, 9.17) is 4.52 Å². The summed E-state index contributed by atoms with van der Waals surface area (Å²) in [6.45, 7) is 7.10. The molecular formula is C19H26F2N6O. The molecule has 28 heavy (non-hydrogen) atoms. The maximum absolute atomic E-state index is 13.4. The standard InChI is InChI=1S/C19H26F2N6O/c1-13-16(14(2)28-24-13)11-25(3)15-9-27(10-15)18-8-17(22-12-23-18)26-6-4-19(20,21)5-7-26/h8,12,15H,4-7,9-11H2,1-3H3. The monoisotopic (exact) mass is 392 g/mol. The Hall–Kier alpha value is -2.29. The second-order valence-electron chi connectivity index (χ2n) is 7.85. The van der Waals surface area contributed by atoms with Crippen LogP contribution in [0.4, 0.5) is 20.4 Å². The Morgan fingerprint density at radius 2 is 1.79 bits per heavy atom. The Labute approximate surface area is 163 Å². The highest BCUT2D eigenvalue weighted by Crippen LogP contribution is 2.31. The molecule has 0 spiro atoms. The zero-order valence-electron chi connectivity index (χ0n) is 16.5.